The van der Waals surface area contributed by atoms with Gasteiger partial charge in [0.25, 0.3) is 0 Å². The van der Waals surface area contributed by atoms with E-state index in [2.05, 4.69) is 9.80 Å². The third-order valence-electron chi connectivity index (χ3n) is 4.86. The maximum Gasteiger partial charge on any atom is 0.181 e. The molecule has 0 aromatic heterocycles. The standard InChI is InChI=1S/C20H23Cl3N2O3S/c21-16-1-4-18(5-2-16)28-13-11-24-7-9-25(10-8-24)12-14-29(26,27)20-15-17(22)3-6-19(20)23/h1-6,15H,7-14H2. The van der Waals surface area contributed by atoms with Gasteiger partial charge in [0, 0.05) is 49.3 Å². The molecule has 2 aromatic rings. The highest BCUT2D eigenvalue weighted by molar-refractivity contribution is 7.91. The summed E-state index contributed by atoms with van der Waals surface area (Å²) in [6.07, 6.45) is 0. The van der Waals surface area contributed by atoms with E-state index in [1.54, 1.807) is 18.2 Å². The predicted octanol–water partition coefficient (Wildman–Crippen LogP) is 4.12. The summed E-state index contributed by atoms with van der Waals surface area (Å²) in [6.45, 7) is 5.29. The van der Waals surface area contributed by atoms with Gasteiger partial charge in [-0.15, -0.1) is 0 Å². The summed E-state index contributed by atoms with van der Waals surface area (Å²) in [5.41, 5.74) is 0. The van der Waals surface area contributed by atoms with Crippen LogP contribution in [-0.2, 0) is 9.84 Å². The quantitative estimate of drug-likeness (QED) is 0.572. The third kappa shape index (κ3) is 6.74. The van der Waals surface area contributed by atoms with Crippen LogP contribution in [0.3, 0.4) is 0 Å². The second kappa shape index (κ2) is 10.3. The average Bonchev–Trinajstić information content (AvgIpc) is 2.71. The van der Waals surface area contributed by atoms with Crippen LogP contribution in [-0.4, -0.2) is 69.8 Å². The highest BCUT2D eigenvalue weighted by atomic mass is 35.5. The van der Waals surface area contributed by atoms with Crippen molar-refractivity contribution in [3.63, 3.8) is 0 Å². The minimum Gasteiger partial charge on any atom is -0.492 e. The summed E-state index contributed by atoms with van der Waals surface area (Å²) in [5.74, 6) is 0.824. The second-order valence-corrected chi connectivity index (χ2v) is 10.2. The molecule has 3 rings (SSSR count). The van der Waals surface area contributed by atoms with Gasteiger partial charge in [-0.1, -0.05) is 34.8 Å². The van der Waals surface area contributed by atoms with Crippen molar-refractivity contribution in [3.05, 3.63) is 57.5 Å². The van der Waals surface area contributed by atoms with E-state index in [0.717, 1.165) is 38.5 Å². The zero-order valence-corrected chi connectivity index (χ0v) is 18.9. The number of hydrogen-bond acceptors (Lipinski definition) is 5. The number of ether oxygens (including phenoxy) is 1. The first-order valence-electron chi connectivity index (χ1n) is 9.34. The fourth-order valence-corrected chi connectivity index (χ4v) is 5.36. The van der Waals surface area contributed by atoms with Gasteiger partial charge in [-0.3, -0.25) is 9.80 Å². The van der Waals surface area contributed by atoms with Crippen LogP contribution in [0.5, 0.6) is 5.75 Å². The zero-order chi connectivity index (χ0) is 20.9. The third-order valence-corrected chi connectivity index (χ3v) is 7.52. The van der Waals surface area contributed by atoms with Crippen molar-refractivity contribution in [2.45, 2.75) is 4.90 Å². The van der Waals surface area contributed by atoms with Crippen LogP contribution < -0.4 is 4.74 Å². The Bertz CT molecular complexity index is 915. The summed E-state index contributed by atoms with van der Waals surface area (Å²) in [4.78, 5) is 4.58. The van der Waals surface area contributed by atoms with E-state index in [4.69, 9.17) is 39.5 Å². The number of hydrogen-bond donors (Lipinski definition) is 0. The van der Waals surface area contributed by atoms with Gasteiger partial charge in [0.15, 0.2) is 9.84 Å². The Kier molecular flexibility index (Phi) is 8.07. The van der Waals surface area contributed by atoms with E-state index in [-0.39, 0.29) is 15.7 Å². The number of sulfone groups is 1. The molecule has 1 saturated heterocycles. The molecule has 1 fully saturated rings. The van der Waals surface area contributed by atoms with Gasteiger partial charge >= 0.3 is 0 Å². The molecule has 5 nitrogen and oxygen atoms in total. The largest absolute Gasteiger partial charge is 0.492 e. The van der Waals surface area contributed by atoms with E-state index in [9.17, 15) is 8.42 Å². The van der Waals surface area contributed by atoms with Crippen molar-refractivity contribution >= 4 is 44.6 Å². The van der Waals surface area contributed by atoms with Crippen LogP contribution in [0.1, 0.15) is 0 Å². The lowest BCUT2D eigenvalue weighted by Gasteiger charge is -2.34. The molecule has 0 spiro atoms. The van der Waals surface area contributed by atoms with Crippen molar-refractivity contribution < 1.29 is 13.2 Å². The van der Waals surface area contributed by atoms with Crippen LogP contribution in [0.2, 0.25) is 15.1 Å². The molecule has 158 valence electrons. The van der Waals surface area contributed by atoms with Crippen molar-refractivity contribution in [2.24, 2.45) is 0 Å². The van der Waals surface area contributed by atoms with E-state index < -0.39 is 9.84 Å². The first-order valence-corrected chi connectivity index (χ1v) is 12.1. The normalized spacial score (nSPS) is 16.1. The van der Waals surface area contributed by atoms with Gasteiger partial charge in [-0.2, -0.15) is 0 Å². The van der Waals surface area contributed by atoms with E-state index in [1.165, 1.54) is 12.1 Å². The Morgan fingerprint density at radius 1 is 0.828 bits per heavy atom. The molecule has 0 unspecified atom stereocenters. The molecule has 2 aromatic carbocycles. The van der Waals surface area contributed by atoms with Gasteiger partial charge < -0.3 is 4.74 Å². The molecule has 0 saturated carbocycles. The van der Waals surface area contributed by atoms with Crippen LogP contribution in [0.15, 0.2) is 47.4 Å². The lowest BCUT2D eigenvalue weighted by atomic mass is 10.3. The zero-order valence-electron chi connectivity index (χ0n) is 15.9. The molecule has 1 heterocycles. The minimum absolute atomic E-state index is 0.0206. The molecule has 1 aliphatic heterocycles. The number of benzene rings is 2. The summed E-state index contributed by atoms with van der Waals surface area (Å²) in [7, 11) is -3.48. The second-order valence-electron chi connectivity index (χ2n) is 6.88. The Hall–Kier alpha value is -1.02. The van der Waals surface area contributed by atoms with Crippen LogP contribution in [0, 0.1) is 0 Å². The topological polar surface area (TPSA) is 49.9 Å². The highest BCUT2D eigenvalue weighted by Crippen LogP contribution is 2.26. The number of rotatable bonds is 8. The van der Waals surface area contributed by atoms with Crippen LogP contribution in [0.25, 0.3) is 0 Å². The lowest BCUT2D eigenvalue weighted by Crippen LogP contribution is -2.48. The van der Waals surface area contributed by atoms with Crippen molar-refractivity contribution in [1.82, 2.24) is 9.80 Å². The summed E-state index contributed by atoms with van der Waals surface area (Å²) < 4.78 is 30.9. The average molecular weight is 478 g/mol. The number of halogens is 3. The Labute approximate surface area is 187 Å². The molecule has 0 atom stereocenters. The van der Waals surface area contributed by atoms with Crippen molar-refractivity contribution in [3.8, 4) is 5.75 Å². The van der Waals surface area contributed by atoms with Gasteiger partial charge in [-0.05, 0) is 42.5 Å². The Morgan fingerprint density at radius 2 is 1.41 bits per heavy atom. The smallest absolute Gasteiger partial charge is 0.181 e. The van der Waals surface area contributed by atoms with Crippen LogP contribution in [0.4, 0.5) is 0 Å². The molecule has 0 N–H and O–H groups in total. The summed E-state index contributed by atoms with van der Waals surface area (Å²) in [5, 5.41) is 1.26. The summed E-state index contributed by atoms with van der Waals surface area (Å²) in [6, 6.07) is 11.8. The van der Waals surface area contributed by atoms with Crippen molar-refractivity contribution in [1.29, 1.82) is 0 Å². The molecule has 0 amide bonds. The van der Waals surface area contributed by atoms with Crippen molar-refractivity contribution in [2.75, 3.05) is 51.6 Å². The molecule has 29 heavy (non-hydrogen) atoms. The molecule has 0 aliphatic carbocycles. The predicted molar refractivity (Wildman–Crippen MR) is 118 cm³/mol. The molecule has 0 bridgehead atoms. The van der Waals surface area contributed by atoms with Crippen LogP contribution >= 0.6 is 34.8 Å². The molecule has 9 heteroatoms. The van der Waals surface area contributed by atoms with Gasteiger partial charge in [0.1, 0.15) is 12.4 Å². The maximum absolute atomic E-state index is 12.6. The minimum atomic E-state index is -3.48. The van der Waals surface area contributed by atoms with Gasteiger partial charge in [-0.25, -0.2) is 8.42 Å². The maximum atomic E-state index is 12.6. The first kappa shape index (κ1) is 22.7. The summed E-state index contributed by atoms with van der Waals surface area (Å²) >= 11 is 17.8. The monoisotopic (exact) mass is 476 g/mol. The van der Waals surface area contributed by atoms with E-state index >= 15 is 0 Å². The lowest BCUT2D eigenvalue weighted by molar-refractivity contribution is 0.121. The molecular weight excluding hydrogens is 455 g/mol. The highest BCUT2D eigenvalue weighted by Gasteiger charge is 2.22. The van der Waals surface area contributed by atoms with E-state index in [1.807, 2.05) is 12.1 Å². The number of piperazine rings is 1. The Balaban J connectivity index is 1.40. The van der Waals surface area contributed by atoms with Gasteiger partial charge in [0.05, 0.1) is 15.7 Å². The van der Waals surface area contributed by atoms with Gasteiger partial charge in [0.2, 0.25) is 0 Å². The van der Waals surface area contributed by atoms with E-state index in [0.29, 0.717) is 23.2 Å². The Morgan fingerprint density at radius 3 is 2.07 bits per heavy atom. The fraction of sp³-hybridized carbons (Fsp3) is 0.400. The molecule has 0 radical (unpaired) electrons. The fourth-order valence-electron chi connectivity index (χ4n) is 3.13. The first-order chi connectivity index (χ1) is 13.8. The number of nitrogens with zero attached hydrogens (tertiary/aromatic N) is 2. The SMILES string of the molecule is O=S(=O)(CCN1CCN(CCOc2ccc(Cl)cc2)CC1)c1cc(Cl)ccc1Cl. The molecule has 1 aliphatic rings. The molecular formula is C20H23Cl3N2O3S.